The summed E-state index contributed by atoms with van der Waals surface area (Å²) in [6, 6.07) is 0. The van der Waals surface area contributed by atoms with E-state index in [4.69, 9.17) is 14.2 Å². The highest BCUT2D eigenvalue weighted by Crippen LogP contribution is 2.15. The van der Waals surface area contributed by atoms with Crippen LogP contribution in [-0.2, 0) is 14.2 Å². The van der Waals surface area contributed by atoms with E-state index in [0.29, 0.717) is 24.0 Å². The molecule has 3 nitrogen and oxygen atoms in total. The molecule has 63 heavy (non-hydrogen) atoms. The highest BCUT2D eigenvalue weighted by atomic mass is 32.2. The summed E-state index contributed by atoms with van der Waals surface area (Å²) in [7, 11) is 0. The molecule has 0 radical (unpaired) electrons. The Kier molecular flexibility index (Phi) is 73.2. The number of hydrogen-bond donors (Lipinski definition) is 0. The summed E-state index contributed by atoms with van der Waals surface area (Å²) in [6.07, 6.45) is 10.1. The van der Waals surface area contributed by atoms with Crippen LogP contribution in [0.4, 0.5) is 0 Å². The van der Waals surface area contributed by atoms with Gasteiger partial charge in [0.1, 0.15) is 0 Å². The van der Waals surface area contributed by atoms with Gasteiger partial charge in [-0.15, -0.1) is 0 Å². The third kappa shape index (κ3) is 127. The third-order valence-corrected chi connectivity index (χ3v) is 12.0. The highest BCUT2D eigenvalue weighted by Gasteiger charge is 2.00. The molecule has 0 aromatic rings. The van der Waals surface area contributed by atoms with Crippen LogP contribution in [0.5, 0.6) is 0 Å². The van der Waals surface area contributed by atoms with Crippen LogP contribution in [0.2, 0.25) is 0 Å². The van der Waals surface area contributed by atoms with Crippen LogP contribution in [0.3, 0.4) is 0 Å². The molecule has 0 aromatic carbocycles. The molecule has 0 N–H and O–H groups in total. The normalized spacial score (nSPS) is 11.3. The van der Waals surface area contributed by atoms with Gasteiger partial charge in [0, 0.05) is 26.4 Å². The van der Waals surface area contributed by atoms with Gasteiger partial charge in [0.05, 0.1) is 12.2 Å². The van der Waals surface area contributed by atoms with Crippen molar-refractivity contribution in [1.29, 1.82) is 0 Å². The maximum Gasteiger partial charge on any atom is 0.0518 e. The largest absolute Gasteiger partial charge is 0.381 e. The summed E-state index contributed by atoms with van der Waals surface area (Å²) in [5, 5.41) is 1.62. The summed E-state index contributed by atoms with van der Waals surface area (Å²) in [5.41, 5.74) is 0. The van der Waals surface area contributed by atoms with Gasteiger partial charge in [-0.2, -0.15) is 35.3 Å². The Morgan fingerprint density at radius 3 is 0.762 bits per heavy atom. The summed E-state index contributed by atoms with van der Waals surface area (Å²) in [5.74, 6) is 13.4. The summed E-state index contributed by atoms with van der Waals surface area (Å²) < 4.78 is 16.1. The lowest BCUT2D eigenvalue weighted by Crippen LogP contribution is -2.06. The van der Waals surface area contributed by atoms with E-state index in [1.807, 2.05) is 0 Å². The summed E-state index contributed by atoms with van der Waals surface area (Å²) >= 11 is 6.19. The summed E-state index contributed by atoms with van der Waals surface area (Å²) in [6.45, 7) is 65.8. The average molecular weight is 958 g/mol. The average Bonchev–Trinajstić information content (AvgIpc) is 3.08. The third-order valence-electron chi connectivity index (χ3n) is 7.95. The molecule has 6 heteroatoms. The van der Waals surface area contributed by atoms with Crippen molar-refractivity contribution in [1.82, 2.24) is 0 Å². The van der Waals surface area contributed by atoms with Crippen LogP contribution in [0.25, 0.3) is 0 Å². The Labute approximate surface area is 417 Å². The second kappa shape index (κ2) is 59.1. The highest BCUT2D eigenvalue weighted by molar-refractivity contribution is 8.00. The zero-order valence-corrected chi connectivity index (χ0v) is 51.6. The van der Waals surface area contributed by atoms with E-state index < -0.39 is 0 Å². The Morgan fingerprint density at radius 1 is 0.302 bits per heavy atom. The molecule has 0 aromatic heterocycles. The molecule has 392 valence electrons. The van der Waals surface area contributed by atoms with E-state index >= 15 is 0 Å². The van der Waals surface area contributed by atoms with Gasteiger partial charge in [-0.1, -0.05) is 185 Å². The second-order valence-corrected chi connectivity index (χ2v) is 27.2. The SMILES string of the molecule is CC(C)CCCC(C)C.CC(C)CCOC(C)C.CC(C)CCOC(C)C.CC(C)CCSC(C)C.CC(C)CCSC(C)C.CC(C)COCC(C)C.CC(C)CSCC(C)C. The lowest BCUT2D eigenvalue weighted by atomic mass is 10.0. The molecule has 0 aliphatic carbocycles. The minimum absolute atomic E-state index is 0.392. The van der Waals surface area contributed by atoms with E-state index in [9.17, 15) is 0 Å². The van der Waals surface area contributed by atoms with Crippen molar-refractivity contribution < 1.29 is 14.2 Å². The Balaban J connectivity index is -0.000000116. The number of hydrogen-bond acceptors (Lipinski definition) is 6. The van der Waals surface area contributed by atoms with Crippen LogP contribution in [0.1, 0.15) is 239 Å². The molecular weight excluding hydrogens is 829 g/mol. The van der Waals surface area contributed by atoms with Crippen LogP contribution in [-0.4, -0.2) is 72.1 Å². The molecule has 0 aliphatic heterocycles. The first-order chi connectivity index (χ1) is 28.9. The number of ether oxygens (including phenoxy) is 3. The van der Waals surface area contributed by atoms with Gasteiger partial charge in [-0.25, -0.2) is 0 Å². The van der Waals surface area contributed by atoms with Gasteiger partial charge in [0.2, 0.25) is 0 Å². The summed E-state index contributed by atoms with van der Waals surface area (Å²) in [4.78, 5) is 0. The predicted octanol–water partition coefficient (Wildman–Crippen LogP) is 20.1. The molecule has 0 fully saturated rings. The lowest BCUT2D eigenvalue weighted by molar-refractivity contribution is 0.0707. The van der Waals surface area contributed by atoms with Gasteiger partial charge in [0.25, 0.3) is 0 Å². The van der Waals surface area contributed by atoms with Crippen molar-refractivity contribution in [3.63, 3.8) is 0 Å². The molecule has 0 bridgehead atoms. The lowest BCUT2D eigenvalue weighted by Gasteiger charge is -2.08. The molecule has 0 saturated carbocycles. The van der Waals surface area contributed by atoms with E-state index in [0.717, 1.165) is 84.3 Å². The fourth-order valence-electron chi connectivity index (χ4n) is 4.17. The smallest absolute Gasteiger partial charge is 0.0518 e. The van der Waals surface area contributed by atoms with E-state index in [2.05, 4.69) is 229 Å². The fraction of sp³-hybridized carbons (Fsp3) is 1.00. The molecule has 0 rings (SSSR count). The molecule has 0 aliphatic rings. The van der Waals surface area contributed by atoms with Gasteiger partial charge < -0.3 is 14.2 Å². The fourth-order valence-corrected chi connectivity index (χ4v) is 7.41. The Bertz CT molecular complexity index is 527. The van der Waals surface area contributed by atoms with Crippen LogP contribution in [0.15, 0.2) is 0 Å². The minimum atomic E-state index is 0.392. The van der Waals surface area contributed by atoms with Crippen molar-refractivity contribution in [2.45, 2.75) is 262 Å². The Hall–Kier alpha value is 0.930. The standard InChI is InChI=1S/C9H20.3C8H18O.3C8H18S/c1-8(2)6-5-7-9(3)4;1-7(2)5-9-6-8(3)4;2*1-7(2)5-6-9-8(3)4;1-7(2)5-9-6-8(3)4;2*1-7(2)5-6-9-8(3)4/h8-9H,5-7H2,1-4H3;6*7-8H,5-6H2,1-4H3. The first kappa shape index (κ1) is 78.1. The minimum Gasteiger partial charge on any atom is -0.381 e. The number of rotatable bonds is 28. The topological polar surface area (TPSA) is 27.7 Å². The van der Waals surface area contributed by atoms with Gasteiger partial charge >= 0.3 is 0 Å². The van der Waals surface area contributed by atoms with Crippen LogP contribution < -0.4 is 0 Å². The van der Waals surface area contributed by atoms with Gasteiger partial charge in [-0.3, -0.25) is 0 Å². The van der Waals surface area contributed by atoms with Crippen molar-refractivity contribution in [2.75, 3.05) is 49.4 Å². The quantitative estimate of drug-likeness (QED) is 0.0776. The predicted molar refractivity (Wildman–Crippen MR) is 306 cm³/mol. The van der Waals surface area contributed by atoms with Crippen molar-refractivity contribution in [3.05, 3.63) is 0 Å². The monoisotopic (exact) mass is 957 g/mol. The van der Waals surface area contributed by atoms with Crippen molar-refractivity contribution in [2.24, 2.45) is 59.2 Å². The van der Waals surface area contributed by atoms with Crippen LogP contribution >= 0.6 is 35.3 Å². The maximum atomic E-state index is 5.36. The van der Waals surface area contributed by atoms with Crippen molar-refractivity contribution in [3.8, 4) is 0 Å². The molecule has 0 atom stereocenters. The Morgan fingerprint density at radius 2 is 0.571 bits per heavy atom. The molecule has 0 amide bonds. The van der Waals surface area contributed by atoms with Gasteiger partial charge in [-0.05, 0) is 146 Å². The molecule has 0 saturated heterocycles. The molecular formula is C57H128O3S3. The van der Waals surface area contributed by atoms with E-state index in [-0.39, 0.29) is 0 Å². The molecule has 0 heterocycles. The van der Waals surface area contributed by atoms with Gasteiger partial charge in [0.15, 0.2) is 0 Å². The first-order valence-corrected chi connectivity index (χ1v) is 29.8. The second-order valence-electron chi connectivity index (χ2n) is 22.8. The van der Waals surface area contributed by atoms with E-state index in [1.165, 1.54) is 68.0 Å². The maximum absolute atomic E-state index is 5.36. The van der Waals surface area contributed by atoms with Crippen LogP contribution in [0, 0.1) is 59.2 Å². The zero-order chi connectivity index (χ0) is 50.9. The van der Waals surface area contributed by atoms with Crippen molar-refractivity contribution >= 4 is 35.3 Å². The first-order valence-electron chi connectivity index (χ1n) is 26.5. The molecule has 0 spiro atoms. The zero-order valence-electron chi connectivity index (χ0n) is 49.1. The number of thioether (sulfide) groups is 3. The van der Waals surface area contributed by atoms with E-state index in [1.54, 1.807) is 0 Å². The molecule has 0 unspecified atom stereocenters.